The Morgan fingerprint density at radius 3 is 3.14 bits per heavy atom. The molecule has 0 aromatic carbocycles. The van der Waals surface area contributed by atoms with E-state index in [4.69, 9.17) is 10.5 Å². The van der Waals surface area contributed by atoms with Crippen LogP contribution in [0.3, 0.4) is 0 Å². The second kappa shape index (κ2) is 5.18. The molecule has 0 saturated carbocycles. The van der Waals surface area contributed by atoms with Gasteiger partial charge in [-0.2, -0.15) is 0 Å². The molecule has 5 heteroatoms. The summed E-state index contributed by atoms with van der Waals surface area (Å²) in [5.74, 6) is 0.358. The molecule has 1 aromatic heterocycles. The fourth-order valence-electron chi connectivity index (χ4n) is 0.953. The molecule has 1 aromatic rings. The third kappa shape index (κ3) is 3.02. The topological polar surface area (TPSA) is 77.2 Å². The second-order valence-corrected chi connectivity index (χ2v) is 2.67. The molecule has 0 atom stereocenters. The number of carbonyl (C=O) groups is 1. The molecule has 0 aliphatic rings. The standard InChI is InChI=1S/C9H13N3O2/c1-14-9-6-7(3-5-11-9)12-8(13)2-4-10/h3,5-6H,2,4,10H2,1H3,(H,11,12,13). The van der Waals surface area contributed by atoms with E-state index in [0.29, 0.717) is 24.5 Å². The SMILES string of the molecule is COc1cc(NC(=O)CCN)ccn1. The van der Waals surface area contributed by atoms with Gasteiger partial charge in [0.2, 0.25) is 11.8 Å². The number of nitrogens with one attached hydrogen (secondary N) is 1. The van der Waals surface area contributed by atoms with Crippen LogP contribution >= 0.6 is 0 Å². The van der Waals surface area contributed by atoms with Gasteiger partial charge < -0.3 is 15.8 Å². The molecule has 14 heavy (non-hydrogen) atoms. The predicted octanol–water partition coefficient (Wildman–Crippen LogP) is 0.377. The van der Waals surface area contributed by atoms with Crippen molar-refractivity contribution >= 4 is 11.6 Å². The molecule has 1 amide bonds. The highest BCUT2D eigenvalue weighted by Crippen LogP contribution is 2.13. The summed E-state index contributed by atoms with van der Waals surface area (Å²) in [6.07, 6.45) is 1.88. The number of methoxy groups -OCH3 is 1. The molecular weight excluding hydrogens is 182 g/mol. The Bertz CT molecular complexity index is 315. The van der Waals surface area contributed by atoms with Crippen LogP contribution in [0.4, 0.5) is 5.69 Å². The predicted molar refractivity (Wildman–Crippen MR) is 53.1 cm³/mol. The Morgan fingerprint density at radius 1 is 1.71 bits per heavy atom. The van der Waals surface area contributed by atoms with Crippen molar-refractivity contribution in [2.24, 2.45) is 5.73 Å². The number of carbonyl (C=O) groups excluding carboxylic acids is 1. The van der Waals surface area contributed by atoms with Crippen molar-refractivity contribution in [1.29, 1.82) is 0 Å². The summed E-state index contributed by atoms with van der Waals surface area (Å²) in [6.45, 7) is 0.341. The van der Waals surface area contributed by atoms with Crippen LogP contribution in [0, 0.1) is 0 Å². The number of hydrogen-bond donors (Lipinski definition) is 2. The third-order valence-electron chi connectivity index (χ3n) is 1.60. The van der Waals surface area contributed by atoms with Gasteiger partial charge in [0.25, 0.3) is 0 Å². The van der Waals surface area contributed by atoms with Crippen LogP contribution in [0.5, 0.6) is 5.88 Å². The molecule has 0 aliphatic heterocycles. The smallest absolute Gasteiger partial charge is 0.225 e. The second-order valence-electron chi connectivity index (χ2n) is 2.67. The Hall–Kier alpha value is -1.62. The lowest BCUT2D eigenvalue weighted by molar-refractivity contribution is -0.116. The Labute approximate surface area is 82.3 Å². The lowest BCUT2D eigenvalue weighted by atomic mass is 10.3. The van der Waals surface area contributed by atoms with Crippen LogP contribution < -0.4 is 15.8 Å². The van der Waals surface area contributed by atoms with E-state index in [1.54, 1.807) is 18.3 Å². The number of anilines is 1. The highest BCUT2D eigenvalue weighted by atomic mass is 16.5. The number of rotatable bonds is 4. The first kappa shape index (κ1) is 10.5. The van der Waals surface area contributed by atoms with Gasteiger partial charge in [-0.25, -0.2) is 4.98 Å². The number of ether oxygens (including phenoxy) is 1. The molecule has 0 aliphatic carbocycles. The van der Waals surface area contributed by atoms with Gasteiger partial charge in [-0.05, 0) is 6.07 Å². The summed E-state index contributed by atoms with van der Waals surface area (Å²) >= 11 is 0. The van der Waals surface area contributed by atoms with Gasteiger partial charge >= 0.3 is 0 Å². The molecule has 0 fully saturated rings. The summed E-state index contributed by atoms with van der Waals surface area (Å²) in [5, 5.41) is 2.68. The van der Waals surface area contributed by atoms with Crippen molar-refractivity contribution in [3.8, 4) is 5.88 Å². The van der Waals surface area contributed by atoms with Crippen molar-refractivity contribution in [3.05, 3.63) is 18.3 Å². The minimum Gasteiger partial charge on any atom is -0.481 e. The summed E-state index contributed by atoms with van der Waals surface area (Å²) < 4.78 is 4.91. The molecule has 0 spiro atoms. The van der Waals surface area contributed by atoms with Crippen molar-refractivity contribution < 1.29 is 9.53 Å². The molecule has 0 radical (unpaired) electrons. The van der Waals surface area contributed by atoms with E-state index in [0.717, 1.165) is 0 Å². The largest absolute Gasteiger partial charge is 0.481 e. The lowest BCUT2D eigenvalue weighted by Crippen LogP contribution is -2.16. The van der Waals surface area contributed by atoms with E-state index >= 15 is 0 Å². The summed E-state index contributed by atoms with van der Waals surface area (Å²) in [5.41, 5.74) is 5.90. The Morgan fingerprint density at radius 2 is 2.50 bits per heavy atom. The molecule has 76 valence electrons. The summed E-state index contributed by atoms with van der Waals surface area (Å²) in [4.78, 5) is 15.1. The van der Waals surface area contributed by atoms with Crippen molar-refractivity contribution in [3.63, 3.8) is 0 Å². The van der Waals surface area contributed by atoms with Gasteiger partial charge in [0.15, 0.2) is 0 Å². The van der Waals surface area contributed by atoms with Crippen LogP contribution in [0.2, 0.25) is 0 Å². The number of nitrogens with two attached hydrogens (primary N) is 1. The number of amides is 1. The highest BCUT2D eigenvalue weighted by molar-refractivity contribution is 5.90. The molecule has 5 nitrogen and oxygen atoms in total. The highest BCUT2D eigenvalue weighted by Gasteiger charge is 2.01. The maximum absolute atomic E-state index is 11.2. The molecule has 0 bridgehead atoms. The van der Waals surface area contributed by atoms with Crippen LogP contribution in [-0.4, -0.2) is 24.5 Å². The first-order valence-corrected chi connectivity index (χ1v) is 4.26. The van der Waals surface area contributed by atoms with E-state index in [2.05, 4.69) is 10.3 Å². The molecule has 0 saturated heterocycles. The third-order valence-corrected chi connectivity index (χ3v) is 1.60. The monoisotopic (exact) mass is 195 g/mol. The van der Waals surface area contributed by atoms with Gasteiger partial charge in [-0.1, -0.05) is 0 Å². The van der Waals surface area contributed by atoms with E-state index in [1.165, 1.54) is 7.11 Å². The molecule has 0 unspecified atom stereocenters. The van der Waals surface area contributed by atoms with Crippen molar-refractivity contribution in [1.82, 2.24) is 4.98 Å². The molecular formula is C9H13N3O2. The fourth-order valence-corrected chi connectivity index (χ4v) is 0.953. The average Bonchev–Trinajstić information content (AvgIpc) is 2.18. The fraction of sp³-hybridized carbons (Fsp3) is 0.333. The zero-order valence-corrected chi connectivity index (χ0v) is 7.99. The van der Waals surface area contributed by atoms with E-state index in [9.17, 15) is 4.79 Å². The molecule has 3 N–H and O–H groups in total. The minimum atomic E-state index is -0.110. The minimum absolute atomic E-state index is 0.110. The molecule has 1 heterocycles. The van der Waals surface area contributed by atoms with E-state index in [-0.39, 0.29) is 5.91 Å². The zero-order valence-electron chi connectivity index (χ0n) is 7.99. The van der Waals surface area contributed by atoms with E-state index < -0.39 is 0 Å². The molecule has 1 rings (SSSR count). The van der Waals surface area contributed by atoms with Crippen LogP contribution in [0.1, 0.15) is 6.42 Å². The van der Waals surface area contributed by atoms with Gasteiger partial charge in [-0.15, -0.1) is 0 Å². The number of pyridine rings is 1. The maximum Gasteiger partial charge on any atom is 0.225 e. The van der Waals surface area contributed by atoms with E-state index in [1.807, 2.05) is 0 Å². The lowest BCUT2D eigenvalue weighted by Gasteiger charge is -2.04. The Balaban J connectivity index is 2.62. The number of hydrogen-bond acceptors (Lipinski definition) is 4. The van der Waals surface area contributed by atoms with Gasteiger partial charge in [-0.3, -0.25) is 4.79 Å². The van der Waals surface area contributed by atoms with Gasteiger partial charge in [0.05, 0.1) is 7.11 Å². The van der Waals surface area contributed by atoms with Gasteiger partial charge in [0, 0.05) is 30.9 Å². The normalized spacial score (nSPS) is 9.57. The van der Waals surface area contributed by atoms with Crippen molar-refractivity contribution in [2.45, 2.75) is 6.42 Å². The van der Waals surface area contributed by atoms with Crippen LogP contribution in [-0.2, 0) is 4.79 Å². The Kier molecular flexibility index (Phi) is 3.87. The van der Waals surface area contributed by atoms with Crippen LogP contribution in [0.25, 0.3) is 0 Å². The summed E-state index contributed by atoms with van der Waals surface area (Å²) in [7, 11) is 1.52. The van der Waals surface area contributed by atoms with Crippen LogP contribution in [0.15, 0.2) is 18.3 Å². The average molecular weight is 195 g/mol. The van der Waals surface area contributed by atoms with Crippen molar-refractivity contribution in [2.75, 3.05) is 19.0 Å². The zero-order chi connectivity index (χ0) is 10.4. The number of nitrogens with zero attached hydrogens (tertiary/aromatic N) is 1. The van der Waals surface area contributed by atoms with Gasteiger partial charge in [0.1, 0.15) is 0 Å². The number of aromatic nitrogens is 1. The first-order valence-electron chi connectivity index (χ1n) is 4.26. The summed E-state index contributed by atoms with van der Waals surface area (Å²) in [6, 6.07) is 3.34. The first-order chi connectivity index (χ1) is 6.76. The maximum atomic E-state index is 11.2. The quantitative estimate of drug-likeness (QED) is 0.728.